The lowest BCUT2D eigenvalue weighted by Gasteiger charge is -2.14. The Morgan fingerprint density at radius 3 is 2.53 bits per heavy atom. The molecule has 1 unspecified atom stereocenters. The Balaban J connectivity index is 2.25. The summed E-state index contributed by atoms with van der Waals surface area (Å²) in [6, 6.07) is 14.5. The Morgan fingerprint density at radius 2 is 1.89 bits per heavy atom. The zero-order chi connectivity index (χ0) is 13.8. The monoisotopic (exact) mass is 431 g/mol. The molecule has 2 nitrogen and oxygen atoms in total. The summed E-state index contributed by atoms with van der Waals surface area (Å²) in [7, 11) is 1.95. The molecule has 0 bridgehead atoms. The number of nitrogens with one attached hydrogen (secondary N) is 1. The van der Waals surface area contributed by atoms with Gasteiger partial charge in [-0.05, 0) is 82.3 Å². The van der Waals surface area contributed by atoms with Crippen LogP contribution in [-0.2, 0) is 0 Å². The molecule has 0 aliphatic heterocycles. The lowest BCUT2D eigenvalue weighted by molar-refractivity contribution is 0.475. The van der Waals surface area contributed by atoms with Crippen LogP contribution in [0.1, 0.15) is 18.5 Å². The van der Waals surface area contributed by atoms with E-state index in [2.05, 4.69) is 62.9 Å². The Kier molecular flexibility index (Phi) is 5.24. The second-order valence-corrected chi connectivity index (χ2v) is 6.25. The van der Waals surface area contributed by atoms with E-state index in [1.54, 1.807) is 0 Å². The molecule has 1 atom stereocenters. The zero-order valence-electron chi connectivity index (χ0n) is 10.8. The molecule has 0 heterocycles. The van der Waals surface area contributed by atoms with Crippen LogP contribution >= 0.6 is 38.5 Å². The first-order chi connectivity index (χ1) is 9.11. The van der Waals surface area contributed by atoms with Crippen molar-refractivity contribution in [3.05, 3.63) is 56.1 Å². The van der Waals surface area contributed by atoms with Crippen molar-refractivity contribution in [3.63, 3.8) is 0 Å². The Morgan fingerprint density at radius 1 is 1.16 bits per heavy atom. The van der Waals surface area contributed by atoms with E-state index in [-0.39, 0.29) is 0 Å². The molecule has 0 radical (unpaired) electrons. The second-order valence-electron chi connectivity index (χ2n) is 4.23. The molecule has 0 saturated carbocycles. The quantitative estimate of drug-likeness (QED) is 0.678. The smallest absolute Gasteiger partial charge is 0.141 e. The highest BCUT2D eigenvalue weighted by Crippen LogP contribution is 2.33. The van der Waals surface area contributed by atoms with E-state index in [0.29, 0.717) is 6.04 Å². The van der Waals surface area contributed by atoms with Crippen LogP contribution in [0, 0.1) is 3.57 Å². The van der Waals surface area contributed by atoms with E-state index in [1.807, 2.05) is 37.4 Å². The molecular formula is C15H15BrINO. The fourth-order valence-corrected chi connectivity index (χ4v) is 2.66. The number of ether oxygens (including phenoxy) is 1. The van der Waals surface area contributed by atoms with E-state index in [9.17, 15) is 0 Å². The van der Waals surface area contributed by atoms with Gasteiger partial charge in [0.2, 0.25) is 0 Å². The molecule has 19 heavy (non-hydrogen) atoms. The molecule has 2 aromatic rings. The van der Waals surface area contributed by atoms with Gasteiger partial charge in [-0.3, -0.25) is 0 Å². The summed E-state index contributed by atoms with van der Waals surface area (Å²) in [6.45, 7) is 2.13. The molecule has 0 saturated heterocycles. The SMILES string of the molecule is CNC(C)c1ccc(Oc2ccccc2I)c(Br)c1. The molecule has 0 aliphatic carbocycles. The number of halogens is 2. The summed E-state index contributed by atoms with van der Waals surface area (Å²) in [5, 5.41) is 3.22. The van der Waals surface area contributed by atoms with Gasteiger partial charge >= 0.3 is 0 Å². The molecule has 0 fully saturated rings. The summed E-state index contributed by atoms with van der Waals surface area (Å²) in [5.41, 5.74) is 1.23. The third-order valence-electron chi connectivity index (χ3n) is 2.95. The topological polar surface area (TPSA) is 21.3 Å². The standard InChI is InChI=1S/C15H15BrINO/c1-10(18-2)11-7-8-14(12(16)9-11)19-15-6-4-3-5-13(15)17/h3-10,18H,1-2H3. The van der Waals surface area contributed by atoms with Crippen molar-refractivity contribution in [3.8, 4) is 11.5 Å². The van der Waals surface area contributed by atoms with Gasteiger partial charge in [-0.1, -0.05) is 18.2 Å². The van der Waals surface area contributed by atoms with Crippen molar-refractivity contribution in [2.24, 2.45) is 0 Å². The molecule has 1 N–H and O–H groups in total. The molecule has 2 rings (SSSR count). The lowest BCUT2D eigenvalue weighted by Crippen LogP contribution is -2.12. The third kappa shape index (κ3) is 3.70. The molecule has 4 heteroatoms. The van der Waals surface area contributed by atoms with Gasteiger partial charge in [-0.15, -0.1) is 0 Å². The minimum absolute atomic E-state index is 0.321. The maximum atomic E-state index is 5.93. The van der Waals surface area contributed by atoms with Crippen LogP contribution in [0.15, 0.2) is 46.9 Å². The average Bonchev–Trinajstić information content (AvgIpc) is 2.42. The predicted octanol–water partition coefficient (Wildman–Crippen LogP) is 5.13. The van der Waals surface area contributed by atoms with E-state index < -0.39 is 0 Å². The van der Waals surface area contributed by atoms with Crippen molar-refractivity contribution in [1.82, 2.24) is 5.32 Å². The molecule has 0 amide bonds. The van der Waals surface area contributed by atoms with Gasteiger partial charge in [0.25, 0.3) is 0 Å². The summed E-state index contributed by atoms with van der Waals surface area (Å²) in [4.78, 5) is 0. The van der Waals surface area contributed by atoms with Crippen LogP contribution in [0.3, 0.4) is 0 Å². The largest absolute Gasteiger partial charge is 0.455 e. The molecule has 0 aliphatic rings. The summed E-state index contributed by atoms with van der Waals surface area (Å²) in [5.74, 6) is 1.70. The summed E-state index contributed by atoms with van der Waals surface area (Å²) < 4.78 is 8.00. The maximum Gasteiger partial charge on any atom is 0.141 e. The van der Waals surface area contributed by atoms with Crippen LogP contribution in [0.25, 0.3) is 0 Å². The van der Waals surface area contributed by atoms with Crippen molar-refractivity contribution in [1.29, 1.82) is 0 Å². The van der Waals surface area contributed by atoms with E-state index in [4.69, 9.17) is 4.74 Å². The first-order valence-corrected chi connectivity index (χ1v) is 7.88. The van der Waals surface area contributed by atoms with E-state index in [0.717, 1.165) is 19.5 Å². The maximum absolute atomic E-state index is 5.93. The number of rotatable bonds is 4. The van der Waals surface area contributed by atoms with Crippen LogP contribution in [0.4, 0.5) is 0 Å². The molecule has 0 spiro atoms. The molecular weight excluding hydrogens is 417 g/mol. The van der Waals surface area contributed by atoms with Gasteiger partial charge in [0.1, 0.15) is 11.5 Å². The third-order valence-corrected chi connectivity index (χ3v) is 4.46. The van der Waals surface area contributed by atoms with Crippen LogP contribution < -0.4 is 10.1 Å². The highest BCUT2D eigenvalue weighted by Gasteiger charge is 2.09. The van der Waals surface area contributed by atoms with Gasteiger partial charge in [0, 0.05) is 6.04 Å². The highest BCUT2D eigenvalue weighted by molar-refractivity contribution is 14.1. The number of hydrogen-bond donors (Lipinski definition) is 1. The Hall–Kier alpha value is -0.590. The highest BCUT2D eigenvalue weighted by atomic mass is 127. The Bertz CT molecular complexity index is 574. The predicted molar refractivity (Wildman–Crippen MR) is 90.8 cm³/mol. The van der Waals surface area contributed by atoms with Crippen molar-refractivity contribution < 1.29 is 4.74 Å². The number of para-hydroxylation sites is 1. The van der Waals surface area contributed by atoms with Gasteiger partial charge in [0.15, 0.2) is 0 Å². The van der Waals surface area contributed by atoms with Gasteiger partial charge in [-0.2, -0.15) is 0 Å². The van der Waals surface area contributed by atoms with Crippen molar-refractivity contribution in [2.75, 3.05) is 7.05 Å². The Labute approximate surface area is 135 Å². The normalized spacial score (nSPS) is 12.2. The fraction of sp³-hybridized carbons (Fsp3) is 0.200. The van der Waals surface area contributed by atoms with Gasteiger partial charge in [-0.25, -0.2) is 0 Å². The van der Waals surface area contributed by atoms with Crippen molar-refractivity contribution >= 4 is 38.5 Å². The second kappa shape index (κ2) is 6.72. The lowest BCUT2D eigenvalue weighted by atomic mass is 10.1. The molecule has 100 valence electrons. The van der Waals surface area contributed by atoms with Crippen LogP contribution in [-0.4, -0.2) is 7.05 Å². The van der Waals surface area contributed by atoms with E-state index in [1.165, 1.54) is 5.56 Å². The summed E-state index contributed by atoms with van der Waals surface area (Å²) >= 11 is 5.84. The minimum Gasteiger partial charge on any atom is -0.455 e. The average molecular weight is 432 g/mol. The summed E-state index contributed by atoms with van der Waals surface area (Å²) in [6.07, 6.45) is 0. The van der Waals surface area contributed by atoms with Crippen molar-refractivity contribution in [2.45, 2.75) is 13.0 Å². The van der Waals surface area contributed by atoms with Gasteiger partial charge in [0.05, 0.1) is 8.04 Å². The van der Waals surface area contributed by atoms with E-state index >= 15 is 0 Å². The molecule has 0 aromatic heterocycles. The fourth-order valence-electron chi connectivity index (χ4n) is 1.68. The van der Waals surface area contributed by atoms with Crippen LogP contribution in [0.2, 0.25) is 0 Å². The van der Waals surface area contributed by atoms with Gasteiger partial charge < -0.3 is 10.1 Å². The minimum atomic E-state index is 0.321. The zero-order valence-corrected chi connectivity index (χ0v) is 14.5. The number of benzene rings is 2. The first kappa shape index (κ1) is 14.8. The van der Waals surface area contributed by atoms with Crippen LogP contribution in [0.5, 0.6) is 11.5 Å². The molecule has 2 aromatic carbocycles. The number of hydrogen-bond acceptors (Lipinski definition) is 2. The first-order valence-electron chi connectivity index (χ1n) is 6.01.